The number of rotatable bonds is 4. The van der Waals surface area contributed by atoms with Crippen molar-refractivity contribution in [2.24, 2.45) is 0 Å². The van der Waals surface area contributed by atoms with Gasteiger partial charge >= 0.3 is 0 Å². The average molecular weight is 446 g/mol. The fraction of sp³-hybridized carbons (Fsp3) is 0.429. The Hall–Kier alpha value is -3.07. The van der Waals surface area contributed by atoms with Crippen molar-refractivity contribution in [2.45, 2.75) is 44.6 Å². The summed E-state index contributed by atoms with van der Waals surface area (Å²) in [6, 6.07) is 5.03. The van der Waals surface area contributed by atoms with Gasteiger partial charge in [0.25, 0.3) is 5.56 Å². The van der Waals surface area contributed by atoms with Gasteiger partial charge in [-0.05, 0) is 44.4 Å². The van der Waals surface area contributed by atoms with Crippen molar-refractivity contribution in [2.75, 3.05) is 29.2 Å². The highest BCUT2D eigenvalue weighted by Gasteiger charge is 2.36. The largest absolute Gasteiger partial charge is 0.495 e. The van der Waals surface area contributed by atoms with Gasteiger partial charge in [-0.1, -0.05) is 11.6 Å². The van der Waals surface area contributed by atoms with Gasteiger partial charge in [-0.2, -0.15) is 4.98 Å². The van der Waals surface area contributed by atoms with Crippen molar-refractivity contribution in [1.29, 1.82) is 0 Å². The van der Waals surface area contributed by atoms with E-state index < -0.39 is 17.4 Å². The first-order chi connectivity index (χ1) is 14.9. The summed E-state index contributed by atoms with van der Waals surface area (Å²) in [6.07, 6.45) is 2.97. The predicted molar refractivity (Wildman–Crippen MR) is 118 cm³/mol. The molecule has 3 heterocycles. The molecule has 2 atom stereocenters. The molecule has 0 spiro atoms. The van der Waals surface area contributed by atoms with E-state index in [0.29, 0.717) is 22.4 Å². The third-order valence-corrected chi connectivity index (χ3v) is 5.98. The van der Waals surface area contributed by atoms with Crippen molar-refractivity contribution in [3.8, 4) is 5.75 Å². The normalized spacial score (nSPS) is 20.6. The Labute approximate surface area is 184 Å². The molecular weight excluding hydrogens is 422 g/mol. The molecule has 2 aliphatic rings. The van der Waals surface area contributed by atoms with E-state index in [9.17, 15) is 14.4 Å². The van der Waals surface area contributed by atoms with Gasteiger partial charge in [-0.15, -0.1) is 0 Å². The van der Waals surface area contributed by atoms with E-state index in [-0.39, 0.29) is 29.8 Å². The molecular formula is C21H24ClN5O4. The molecule has 1 saturated heterocycles. The minimum atomic E-state index is -0.989. The molecule has 4 rings (SSSR count). The first-order valence-corrected chi connectivity index (χ1v) is 10.6. The van der Waals surface area contributed by atoms with Crippen LogP contribution >= 0.6 is 11.6 Å². The van der Waals surface area contributed by atoms with Gasteiger partial charge in [0.15, 0.2) is 0 Å². The number of hydrogen-bond acceptors (Lipinski definition) is 6. The number of halogens is 1. The van der Waals surface area contributed by atoms with Crippen LogP contribution in [0.15, 0.2) is 23.0 Å². The zero-order valence-electron chi connectivity index (χ0n) is 17.3. The maximum atomic E-state index is 13.1. The van der Waals surface area contributed by atoms with Crippen molar-refractivity contribution in [3.05, 3.63) is 39.1 Å². The molecule has 0 radical (unpaired) electrons. The minimum absolute atomic E-state index is 0.131. The Kier molecular flexibility index (Phi) is 5.86. The van der Waals surface area contributed by atoms with Gasteiger partial charge in [0.05, 0.1) is 24.3 Å². The summed E-state index contributed by atoms with van der Waals surface area (Å²) in [5, 5.41) is 5.79. The van der Waals surface area contributed by atoms with Crippen LogP contribution in [0.1, 0.15) is 44.1 Å². The molecule has 1 aromatic carbocycles. The Morgan fingerprint density at radius 1 is 1.32 bits per heavy atom. The number of amides is 2. The summed E-state index contributed by atoms with van der Waals surface area (Å²) in [5.41, 5.74) is 0.0678. The van der Waals surface area contributed by atoms with E-state index in [4.69, 9.17) is 16.3 Å². The molecule has 1 aromatic heterocycles. The Morgan fingerprint density at radius 2 is 2.13 bits per heavy atom. The molecule has 2 aliphatic heterocycles. The second-order valence-electron chi connectivity index (χ2n) is 7.83. The summed E-state index contributed by atoms with van der Waals surface area (Å²) in [4.78, 5) is 47.7. The quantitative estimate of drug-likeness (QED) is 0.666. The fourth-order valence-corrected chi connectivity index (χ4v) is 4.30. The van der Waals surface area contributed by atoms with Crippen LogP contribution < -0.4 is 25.8 Å². The molecule has 10 heteroatoms. The van der Waals surface area contributed by atoms with Gasteiger partial charge in [0, 0.05) is 24.0 Å². The number of fused-ring (bicyclic) bond motifs is 1. The van der Waals surface area contributed by atoms with E-state index in [0.717, 1.165) is 25.8 Å². The Balaban J connectivity index is 1.67. The first kappa shape index (κ1) is 21.2. The average Bonchev–Trinajstić information content (AvgIpc) is 2.73. The second-order valence-corrected chi connectivity index (χ2v) is 8.27. The molecule has 0 saturated carbocycles. The number of nitrogens with one attached hydrogen (secondary N) is 3. The lowest BCUT2D eigenvalue weighted by molar-refractivity contribution is -0.123. The molecule has 1 fully saturated rings. The van der Waals surface area contributed by atoms with Crippen LogP contribution in [0.4, 0.5) is 17.5 Å². The summed E-state index contributed by atoms with van der Waals surface area (Å²) in [7, 11) is 1.47. The van der Waals surface area contributed by atoms with Gasteiger partial charge < -0.3 is 20.3 Å². The number of carbonyl (C=O) groups excluding carboxylic acids is 2. The third-order valence-electron chi connectivity index (χ3n) is 5.75. The van der Waals surface area contributed by atoms with Crippen LogP contribution in [0.3, 0.4) is 0 Å². The van der Waals surface area contributed by atoms with Crippen molar-refractivity contribution >= 4 is 40.9 Å². The zero-order chi connectivity index (χ0) is 22.1. The molecule has 2 aromatic rings. The maximum Gasteiger partial charge on any atom is 0.258 e. The molecule has 31 heavy (non-hydrogen) atoms. The highest BCUT2D eigenvalue weighted by Crippen LogP contribution is 2.33. The lowest BCUT2D eigenvalue weighted by atomic mass is 9.92. The summed E-state index contributed by atoms with van der Waals surface area (Å²) >= 11 is 6.03. The molecule has 2 amide bonds. The number of anilines is 3. The fourth-order valence-electron chi connectivity index (χ4n) is 4.13. The summed E-state index contributed by atoms with van der Waals surface area (Å²) in [5.74, 6) is -0.916. The number of aromatic nitrogens is 2. The molecule has 0 bridgehead atoms. The van der Waals surface area contributed by atoms with Gasteiger partial charge in [-0.25, -0.2) is 0 Å². The summed E-state index contributed by atoms with van der Waals surface area (Å²) < 4.78 is 5.26. The van der Waals surface area contributed by atoms with Crippen LogP contribution in [0.25, 0.3) is 0 Å². The van der Waals surface area contributed by atoms with Crippen LogP contribution in [-0.4, -0.2) is 41.5 Å². The number of benzene rings is 1. The highest BCUT2D eigenvalue weighted by atomic mass is 35.5. The predicted octanol–water partition coefficient (Wildman–Crippen LogP) is 2.88. The van der Waals surface area contributed by atoms with E-state index in [1.54, 1.807) is 18.2 Å². The van der Waals surface area contributed by atoms with E-state index in [2.05, 4.69) is 27.5 Å². The molecule has 3 N–H and O–H groups in total. The number of nitrogens with zero attached hydrogens (tertiary/aromatic N) is 2. The standard InChI is InChI=1S/C21H24ClN5O4/c1-11-5-3-4-8-27(11)21-25-18-17(20(30)26-21)13(10-16(28)24-18)19(29)23-14-9-12(22)6-7-15(14)31-2/h6-7,9,11,13H,3-5,8,10H2,1-2H3,(H,23,29)(H2,24,25,26,28,30)/t11-,13+/m0/s1. The van der Waals surface area contributed by atoms with Crippen LogP contribution in [-0.2, 0) is 9.59 Å². The molecule has 0 unspecified atom stereocenters. The number of methoxy groups -OCH3 is 1. The number of H-pyrrole nitrogens is 1. The zero-order valence-corrected chi connectivity index (χ0v) is 18.1. The summed E-state index contributed by atoms with van der Waals surface area (Å²) in [6.45, 7) is 2.85. The Bertz CT molecular complexity index is 1090. The smallest absolute Gasteiger partial charge is 0.258 e. The topological polar surface area (TPSA) is 116 Å². The van der Waals surface area contributed by atoms with Crippen molar-refractivity contribution in [1.82, 2.24) is 9.97 Å². The number of piperidine rings is 1. The monoisotopic (exact) mass is 445 g/mol. The molecule has 0 aliphatic carbocycles. The van der Waals surface area contributed by atoms with E-state index >= 15 is 0 Å². The van der Waals surface area contributed by atoms with Gasteiger partial charge in [0.2, 0.25) is 17.8 Å². The number of carbonyl (C=O) groups is 2. The van der Waals surface area contributed by atoms with E-state index in [1.807, 2.05) is 4.90 Å². The third kappa shape index (κ3) is 4.23. The number of aromatic amines is 1. The second kappa shape index (κ2) is 8.58. The Morgan fingerprint density at radius 3 is 2.87 bits per heavy atom. The minimum Gasteiger partial charge on any atom is -0.495 e. The lowest BCUT2D eigenvalue weighted by Gasteiger charge is -2.34. The van der Waals surface area contributed by atoms with Crippen LogP contribution in [0.2, 0.25) is 5.02 Å². The number of ether oxygens (including phenoxy) is 1. The molecule has 164 valence electrons. The molecule has 9 nitrogen and oxygen atoms in total. The highest BCUT2D eigenvalue weighted by molar-refractivity contribution is 6.31. The van der Waals surface area contributed by atoms with Gasteiger partial charge in [0.1, 0.15) is 11.6 Å². The van der Waals surface area contributed by atoms with Crippen LogP contribution in [0, 0.1) is 0 Å². The van der Waals surface area contributed by atoms with Gasteiger partial charge in [-0.3, -0.25) is 19.4 Å². The lowest BCUT2D eigenvalue weighted by Crippen LogP contribution is -2.42. The SMILES string of the molecule is COc1ccc(Cl)cc1NC(=O)[C@@H]1CC(=O)Nc2nc(N3CCCC[C@@H]3C)[nH]c(=O)c21. The number of hydrogen-bond donors (Lipinski definition) is 3. The van der Waals surface area contributed by atoms with Crippen molar-refractivity contribution in [3.63, 3.8) is 0 Å². The first-order valence-electron chi connectivity index (χ1n) is 10.2. The van der Waals surface area contributed by atoms with Crippen molar-refractivity contribution < 1.29 is 14.3 Å². The maximum absolute atomic E-state index is 13.1. The van der Waals surface area contributed by atoms with Crippen LogP contribution in [0.5, 0.6) is 5.75 Å². The van der Waals surface area contributed by atoms with E-state index in [1.165, 1.54) is 7.11 Å².